The highest BCUT2D eigenvalue weighted by molar-refractivity contribution is 6.30. The molecule has 3 heterocycles. The van der Waals surface area contributed by atoms with Gasteiger partial charge in [-0.15, -0.1) is 0 Å². The number of piperazine rings is 1. The number of allylic oxidation sites excluding steroid dienone is 3. The molecule has 212 valence electrons. The maximum Gasteiger partial charge on any atom is 0.0570 e. The summed E-state index contributed by atoms with van der Waals surface area (Å²) in [5.74, 6) is 0. The Morgan fingerprint density at radius 3 is 2.40 bits per heavy atom. The van der Waals surface area contributed by atoms with Crippen molar-refractivity contribution in [1.29, 1.82) is 0 Å². The van der Waals surface area contributed by atoms with Gasteiger partial charge in [0, 0.05) is 61.5 Å². The van der Waals surface area contributed by atoms with Crippen molar-refractivity contribution in [2.24, 2.45) is 0 Å². The molecule has 0 amide bonds. The van der Waals surface area contributed by atoms with Crippen LogP contribution in [0.3, 0.4) is 0 Å². The third kappa shape index (κ3) is 5.04. The van der Waals surface area contributed by atoms with Crippen molar-refractivity contribution >= 4 is 28.5 Å². The van der Waals surface area contributed by atoms with Gasteiger partial charge in [0.2, 0.25) is 0 Å². The maximum atomic E-state index is 6.25. The Hall–Kier alpha value is -3.86. The molecule has 1 N–H and O–H groups in total. The van der Waals surface area contributed by atoms with Gasteiger partial charge in [-0.25, -0.2) is 0 Å². The zero-order valence-corrected chi connectivity index (χ0v) is 25.2. The van der Waals surface area contributed by atoms with E-state index in [2.05, 4.69) is 107 Å². The molecule has 3 aromatic carbocycles. The fourth-order valence-corrected chi connectivity index (χ4v) is 7.08. The summed E-state index contributed by atoms with van der Waals surface area (Å²) in [6, 6.07) is 28.6. The molecule has 4 nitrogen and oxygen atoms in total. The number of fused-ring (bicyclic) bond motifs is 1. The third-order valence-electron chi connectivity index (χ3n) is 9.29. The molecule has 42 heavy (non-hydrogen) atoms. The summed E-state index contributed by atoms with van der Waals surface area (Å²) in [4.78, 5) is 9.44. The molecule has 0 bridgehead atoms. The zero-order chi connectivity index (χ0) is 28.7. The molecule has 1 aliphatic carbocycles. The molecule has 0 unspecified atom stereocenters. The predicted octanol–water partition coefficient (Wildman–Crippen LogP) is 7.94. The maximum absolute atomic E-state index is 6.25. The molecule has 0 radical (unpaired) electrons. The lowest BCUT2D eigenvalue weighted by atomic mass is 9.86. The first-order valence-electron chi connectivity index (χ1n) is 15.0. The SMILES string of the molecule is CC1(C)C2=C(C=C(c3ccc(Cl)cc3)C2)Cc2cc(N3CCNCC3)ccc2N1Cc1ccccc1-c1ccncc1. The van der Waals surface area contributed by atoms with Gasteiger partial charge in [0.05, 0.1) is 5.54 Å². The van der Waals surface area contributed by atoms with E-state index in [0.717, 1.165) is 50.6 Å². The van der Waals surface area contributed by atoms with Crippen molar-refractivity contribution in [3.8, 4) is 11.1 Å². The Balaban J connectivity index is 1.32. The summed E-state index contributed by atoms with van der Waals surface area (Å²) >= 11 is 6.25. The summed E-state index contributed by atoms with van der Waals surface area (Å²) < 4.78 is 0. The summed E-state index contributed by atoms with van der Waals surface area (Å²) in [5.41, 5.74) is 13.3. The van der Waals surface area contributed by atoms with E-state index in [1.54, 1.807) is 0 Å². The van der Waals surface area contributed by atoms with E-state index >= 15 is 0 Å². The van der Waals surface area contributed by atoms with Crippen LogP contribution in [0, 0.1) is 0 Å². The quantitative estimate of drug-likeness (QED) is 0.263. The molecule has 0 spiro atoms. The zero-order valence-electron chi connectivity index (χ0n) is 24.4. The van der Waals surface area contributed by atoms with E-state index < -0.39 is 0 Å². The molecule has 5 heteroatoms. The second kappa shape index (κ2) is 11.1. The van der Waals surface area contributed by atoms with Crippen molar-refractivity contribution in [3.05, 3.63) is 130 Å². The summed E-state index contributed by atoms with van der Waals surface area (Å²) in [5, 5.41) is 4.28. The van der Waals surface area contributed by atoms with Crippen molar-refractivity contribution in [1.82, 2.24) is 10.3 Å². The normalized spacial score (nSPS) is 17.9. The topological polar surface area (TPSA) is 31.4 Å². The lowest BCUT2D eigenvalue weighted by Crippen LogP contribution is -2.45. The number of pyridine rings is 1. The number of hydrogen-bond acceptors (Lipinski definition) is 4. The minimum Gasteiger partial charge on any atom is -0.369 e. The number of rotatable bonds is 5. The smallest absolute Gasteiger partial charge is 0.0570 e. The van der Waals surface area contributed by atoms with Crippen LogP contribution in [0.4, 0.5) is 11.4 Å². The molecular formula is C37H37ClN4. The Morgan fingerprint density at radius 1 is 0.857 bits per heavy atom. The lowest BCUT2D eigenvalue weighted by molar-refractivity contribution is 0.522. The number of anilines is 2. The van der Waals surface area contributed by atoms with Crippen molar-refractivity contribution in [2.45, 2.75) is 38.8 Å². The minimum atomic E-state index is -0.187. The molecule has 1 fully saturated rings. The standard InChI is InChI=1S/C37H37ClN4/c1-37(2)35-24-29(26-7-9-32(38)10-8-26)21-30(35)22-31-23-33(41-19-17-40-18-20-41)11-12-36(31)42(37)25-28-5-3-4-6-34(28)27-13-15-39-16-14-27/h3-16,21,23,40H,17-20,22,24-25H2,1-2H3. The Morgan fingerprint density at radius 2 is 1.62 bits per heavy atom. The molecule has 1 saturated heterocycles. The molecule has 4 aromatic rings. The fourth-order valence-electron chi connectivity index (χ4n) is 6.96. The number of benzene rings is 3. The van der Waals surface area contributed by atoms with Crippen LogP contribution < -0.4 is 15.1 Å². The minimum absolute atomic E-state index is 0.187. The summed E-state index contributed by atoms with van der Waals surface area (Å²) in [7, 11) is 0. The Kier molecular flexibility index (Phi) is 7.13. The van der Waals surface area contributed by atoms with E-state index in [9.17, 15) is 0 Å². The number of nitrogens with zero attached hydrogens (tertiary/aromatic N) is 3. The average Bonchev–Trinajstić information content (AvgIpc) is 3.43. The first-order chi connectivity index (χ1) is 20.5. The number of halogens is 1. The van der Waals surface area contributed by atoms with Gasteiger partial charge < -0.3 is 15.1 Å². The highest BCUT2D eigenvalue weighted by Gasteiger charge is 2.39. The van der Waals surface area contributed by atoms with Crippen LogP contribution in [0.1, 0.15) is 37.0 Å². The molecule has 0 saturated carbocycles. The number of hydrogen-bond donors (Lipinski definition) is 1. The highest BCUT2D eigenvalue weighted by atomic mass is 35.5. The van der Waals surface area contributed by atoms with Gasteiger partial charge in [-0.3, -0.25) is 4.98 Å². The van der Waals surface area contributed by atoms with Crippen LogP contribution in [0.25, 0.3) is 16.7 Å². The van der Waals surface area contributed by atoms with Crippen molar-refractivity contribution in [2.75, 3.05) is 36.0 Å². The number of aromatic nitrogens is 1. The first kappa shape index (κ1) is 27.0. The largest absolute Gasteiger partial charge is 0.369 e. The van der Waals surface area contributed by atoms with Gasteiger partial charge >= 0.3 is 0 Å². The Bertz CT molecular complexity index is 1660. The van der Waals surface area contributed by atoms with Crippen LogP contribution >= 0.6 is 11.6 Å². The van der Waals surface area contributed by atoms with E-state index in [-0.39, 0.29) is 5.54 Å². The lowest BCUT2D eigenvalue weighted by Gasteiger charge is -2.42. The highest BCUT2D eigenvalue weighted by Crippen LogP contribution is 2.48. The van der Waals surface area contributed by atoms with Gasteiger partial charge in [0.25, 0.3) is 0 Å². The van der Waals surface area contributed by atoms with Gasteiger partial charge in [0.15, 0.2) is 0 Å². The summed E-state index contributed by atoms with van der Waals surface area (Å²) in [6.45, 7) is 9.79. The van der Waals surface area contributed by atoms with Gasteiger partial charge in [-0.2, -0.15) is 0 Å². The fraction of sp³-hybridized carbons (Fsp3) is 0.270. The number of nitrogens with one attached hydrogen (secondary N) is 1. The molecular weight excluding hydrogens is 536 g/mol. The summed E-state index contributed by atoms with van der Waals surface area (Å²) in [6.07, 6.45) is 8.11. The van der Waals surface area contributed by atoms with Crippen molar-refractivity contribution in [3.63, 3.8) is 0 Å². The molecule has 0 atom stereocenters. The first-order valence-corrected chi connectivity index (χ1v) is 15.4. The second-order valence-corrected chi connectivity index (χ2v) is 12.6. The third-order valence-corrected chi connectivity index (χ3v) is 9.54. The molecule has 7 rings (SSSR count). The van der Waals surface area contributed by atoms with Gasteiger partial charge in [-0.1, -0.05) is 54.1 Å². The molecule has 2 aliphatic heterocycles. The monoisotopic (exact) mass is 572 g/mol. The van der Waals surface area contributed by atoms with E-state index in [1.165, 1.54) is 55.9 Å². The van der Waals surface area contributed by atoms with Crippen molar-refractivity contribution < 1.29 is 0 Å². The van der Waals surface area contributed by atoms with Gasteiger partial charge in [-0.05, 0) is 114 Å². The van der Waals surface area contributed by atoms with E-state index in [0.29, 0.717) is 0 Å². The van der Waals surface area contributed by atoms with E-state index in [1.807, 2.05) is 24.5 Å². The van der Waals surface area contributed by atoms with E-state index in [4.69, 9.17) is 11.6 Å². The molecule has 1 aromatic heterocycles. The Labute approximate surface area is 254 Å². The van der Waals surface area contributed by atoms with Crippen LogP contribution in [-0.4, -0.2) is 36.7 Å². The van der Waals surface area contributed by atoms with Crippen LogP contribution in [0.5, 0.6) is 0 Å². The molecule has 3 aliphatic rings. The van der Waals surface area contributed by atoms with Gasteiger partial charge in [0.1, 0.15) is 0 Å². The van der Waals surface area contributed by atoms with Crippen LogP contribution in [-0.2, 0) is 13.0 Å². The average molecular weight is 573 g/mol. The van der Waals surface area contributed by atoms with Crippen LogP contribution in [0.15, 0.2) is 108 Å². The predicted molar refractivity (Wildman–Crippen MR) is 176 cm³/mol. The van der Waals surface area contributed by atoms with Crippen LogP contribution in [0.2, 0.25) is 5.02 Å². The second-order valence-electron chi connectivity index (χ2n) is 12.1.